The molecule has 0 unspecified atom stereocenters. The van der Waals surface area contributed by atoms with E-state index in [0.29, 0.717) is 0 Å². The summed E-state index contributed by atoms with van der Waals surface area (Å²) in [5.41, 5.74) is 0. The number of anilines is 1. The van der Waals surface area contributed by atoms with Crippen molar-refractivity contribution in [3.05, 3.63) is 42.6 Å². The Morgan fingerprint density at radius 3 is 2.67 bits per heavy atom. The first-order valence-corrected chi connectivity index (χ1v) is 5.14. The maximum atomic E-state index is 11.5. The fourth-order valence-electron chi connectivity index (χ4n) is 1.19. The molecule has 2 rings (SSSR count). The van der Waals surface area contributed by atoms with Crippen LogP contribution in [0.4, 0.5) is 5.95 Å². The summed E-state index contributed by atoms with van der Waals surface area (Å²) in [5.74, 6) is -0.529. The Hall–Kier alpha value is -2.70. The molecule has 0 saturated carbocycles. The van der Waals surface area contributed by atoms with E-state index in [2.05, 4.69) is 20.6 Å². The maximum Gasteiger partial charge on any atom is 0.287 e. The van der Waals surface area contributed by atoms with Gasteiger partial charge in [0.25, 0.3) is 5.91 Å². The second-order valence-corrected chi connectivity index (χ2v) is 3.28. The fourth-order valence-corrected chi connectivity index (χ4v) is 1.19. The van der Waals surface area contributed by atoms with Crippen molar-refractivity contribution >= 4 is 17.8 Å². The van der Waals surface area contributed by atoms with Crippen LogP contribution in [0.15, 0.2) is 41.3 Å². The summed E-state index contributed by atoms with van der Waals surface area (Å²) in [7, 11) is 0. The zero-order valence-electron chi connectivity index (χ0n) is 9.29. The molecule has 92 valence electrons. The van der Waals surface area contributed by atoms with E-state index < -0.39 is 11.8 Å². The first-order chi connectivity index (χ1) is 8.75. The SMILES string of the molecule is O=C(CNC(=O)c1ccco1)Nc1ncccn1. The number of amides is 2. The van der Waals surface area contributed by atoms with Crippen LogP contribution in [0.2, 0.25) is 0 Å². The summed E-state index contributed by atoms with van der Waals surface area (Å²) >= 11 is 0. The maximum absolute atomic E-state index is 11.5. The summed E-state index contributed by atoms with van der Waals surface area (Å²) in [5, 5.41) is 4.84. The molecule has 2 aromatic rings. The van der Waals surface area contributed by atoms with Gasteiger partial charge in [-0.3, -0.25) is 14.9 Å². The highest BCUT2D eigenvalue weighted by atomic mass is 16.3. The van der Waals surface area contributed by atoms with Crippen molar-refractivity contribution in [1.29, 1.82) is 0 Å². The Balaban J connectivity index is 1.80. The predicted octanol–water partition coefficient (Wildman–Crippen LogP) is 0.438. The predicted molar refractivity (Wildman–Crippen MR) is 61.7 cm³/mol. The van der Waals surface area contributed by atoms with Gasteiger partial charge >= 0.3 is 0 Å². The molecule has 0 aliphatic carbocycles. The number of aromatic nitrogens is 2. The number of hydrogen-bond donors (Lipinski definition) is 2. The van der Waals surface area contributed by atoms with Crippen LogP contribution in [0.3, 0.4) is 0 Å². The summed E-state index contributed by atoms with van der Waals surface area (Å²) in [6.07, 6.45) is 4.39. The molecule has 2 heterocycles. The average Bonchev–Trinajstić information content (AvgIpc) is 2.91. The Labute approximate surface area is 102 Å². The van der Waals surface area contributed by atoms with Gasteiger partial charge in [0.05, 0.1) is 12.8 Å². The molecule has 2 aromatic heterocycles. The van der Waals surface area contributed by atoms with Crippen LogP contribution in [0.5, 0.6) is 0 Å². The largest absolute Gasteiger partial charge is 0.459 e. The minimum atomic E-state index is -0.455. The van der Waals surface area contributed by atoms with Crippen molar-refractivity contribution < 1.29 is 14.0 Å². The third-order valence-electron chi connectivity index (χ3n) is 1.97. The second-order valence-electron chi connectivity index (χ2n) is 3.28. The Morgan fingerprint density at radius 1 is 1.22 bits per heavy atom. The van der Waals surface area contributed by atoms with E-state index in [1.54, 1.807) is 12.1 Å². The number of carbonyl (C=O) groups excluding carboxylic acids is 2. The van der Waals surface area contributed by atoms with Crippen LogP contribution in [0.25, 0.3) is 0 Å². The summed E-state index contributed by atoms with van der Waals surface area (Å²) < 4.78 is 4.88. The van der Waals surface area contributed by atoms with Crippen molar-refractivity contribution in [3.63, 3.8) is 0 Å². The van der Waals surface area contributed by atoms with E-state index in [0.717, 1.165) is 0 Å². The smallest absolute Gasteiger partial charge is 0.287 e. The number of carbonyl (C=O) groups is 2. The van der Waals surface area contributed by atoms with Gasteiger partial charge in [-0.1, -0.05) is 0 Å². The first-order valence-electron chi connectivity index (χ1n) is 5.14. The molecule has 0 fully saturated rings. The summed E-state index contributed by atoms with van der Waals surface area (Å²) in [6.45, 7) is -0.183. The standard InChI is InChI=1S/C11H10N4O3/c16-9(15-11-12-4-2-5-13-11)7-14-10(17)8-3-1-6-18-8/h1-6H,7H2,(H,14,17)(H,12,13,15,16). The van der Waals surface area contributed by atoms with Crippen molar-refractivity contribution in [3.8, 4) is 0 Å². The van der Waals surface area contributed by atoms with Gasteiger partial charge in [-0.2, -0.15) is 0 Å². The van der Waals surface area contributed by atoms with Gasteiger partial charge < -0.3 is 9.73 Å². The first kappa shape index (κ1) is 11.8. The molecular weight excluding hydrogens is 236 g/mol. The third-order valence-corrected chi connectivity index (χ3v) is 1.97. The van der Waals surface area contributed by atoms with Gasteiger partial charge in [-0.25, -0.2) is 9.97 Å². The van der Waals surface area contributed by atoms with Gasteiger partial charge in [-0.15, -0.1) is 0 Å². The minimum absolute atomic E-state index is 0.152. The molecule has 2 amide bonds. The lowest BCUT2D eigenvalue weighted by Crippen LogP contribution is -2.33. The zero-order chi connectivity index (χ0) is 12.8. The van der Waals surface area contributed by atoms with Gasteiger partial charge in [0, 0.05) is 12.4 Å². The Morgan fingerprint density at radius 2 is 2.00 bits per heavy atom. The van der Waals surface area contributed by atoms with Crippen LogP contribution in [0, 0.1) is 0 Å². The van der Waals surface area contributed by atoms with Crippen LogP contribution < -0.4 is 10.6 Å². The molecule has 0 bridgehead atoms. The molecule has 0 aromatic carbocycles. The normalized spacial score (nSPS) is 9.78. The lowest BCUT2D eigenvalue weighted by molar-refractivity contribution is -0.115. The number of hydrogen-bond acceptors (Lipinski definition) is 5. The lowest BCUT2D eigenvalue weighted by Gasteiger charge is -2.03. The highest BCUT2D eigenvalue weighted by molar-refractivity contribution is 5.97. The molecule has 0 saturated heterocycles. The number of furan rings is 1. The second kappa shape index (κ2) is 5.58. The lowest BCUT2D eigenvalue weighted by atomic mass is 10.4. The highest BCUT2D eigenvalue weighted by Crippen LogP contribution is 1.99. The quantitative estimate of drug-likeness (QED) is 0.815. The molecule has 0 spiro atoms. The third kappa shape index (κ3) is 3.14. The Kier molecular flexibility index (Phi) is 3.65. The molecule has 2 N–H and O–H groups in total. The summed E-state index contributed by atoms with van der Waals surface area (Å²) in [6, 6.07) is 4.73. The van der Waals surface area contributed by atoms with Crippen molar-refractivity contribution in [2.24, 2.45) is 0 Å². The van der Waals surface area contributed by atoms with E-state index >= 15 is 0 Å². The van der Waals surface area contributed by atoms with Crippen LogP contribution >= 0.6 is 0 Å². The average molecular weight is 246 g/mol. The van der Waals surface area contributed by atoms with Gasteiger partial charge in [0.2, 0.25) is 11.9 Å². The summed E-state index contributed by atoms with van der Waals surface area (Å²) in [4.78, 5) is 30.5. The zero-order valence-corrected chi connectivity index (χ0v) is 9.29. The monoisotopic (exact) mass is 246 g/mol. The minimum Gasteiger partial charge on any atom is -0.459 e. The molecule has 0 atom stereocenters. The number of nitrogens with one attached hydrogen (secondary N) is 2. The van der Waals surface area contributed by atoms with E-state index in [-0.39, 0.29) is 18.3 Å². The topological polar surface area (TPSA) is 97.1 Å². The van der Waals surface area contributed by atoms with E-state index in [9.17, 15) is 9.59 Å². The molecule has 0 aliphatic heterocycles. The van der Waals surface area contributed by atoms with Gasteiger partial charge in [0.15, 0.2) is 5.76 Å². The van der Waals surface area contributed by atoms with Crippen molar-refractivity contribution in [2.45, 2.75) is 0 Å². The van der Waals surface area contributed by atoms with Crippen LogP contribution in [-0.4, -0.2) is 28.3 Å². The number of rotatable bonds is 4. The van der Waals surface area contributed by atoms with Crippen LogP contribution in [0.1, 0.15) is 10.6 Å². The van der Waals surface area contributed by atoms with E-state index in [1.165, 1.54) is 24.7 Å². The fraction of sp³-hybridized carbons (Fsp3) is 0.0909. The molecule has 0 aliphatic rings. The molecule has 0 radical (unpaired) electrons. The Bertz CT molecular complexity index is 524. The van der Waals surface area contributed by atoms with Gasteiger partial charge in [-0.05, 0) is 18.2 Å². The van der Waals surface area contributed by atoms with Crippen molar-refractivity contribution in [2.75, 3.05) is 11.9 Å². The highest BCUT2D eigenvalue weighted by Gasteiger charge is 2.10. The van der Waals surface area contributed by atoms with Crippen LogP contribution in [-0.2, 0) is 4.79 Å². The number of nitrogens with zero attached hydrogens (tertiary/aromatic N) is 2. The molecule has 7 nitrogen and oxygen atoms in total. The molecular formula is C11H10N4O3. The van der Waals surface area contributed by atoms with E-state index in [1.807, 2.05) is 0 Å². The van der Waals surface area contributed by atoms with E-state index in [4.69, 9.17) is 4.42 Å². The van der Waals surface area contributed by atoms with Gasteiger partial charge in [0.1, 0.15) is 0 Å². The van der Waals surface area contributed by atoms with Crippen molar-refractivity contribution in [1.82, 2.24) is 15.3 Å². The molecule has 18 heavy (non-hydrogen) atoms. The molecule has 7 heteroatoms.